The van der Waals surface area contributed by atoms with Gasteiger partial charge in [-0.25, -0.2) is 0 Å². The molecule has 0 saturated carbocycles. The van der Waals surface area contributed by atoms with Gasteiger partial charge in [0.25, 0.3) is 0 Å². The van der Waals surface area contributed by atoms with Crippen LogP contribution in [-0.4, -0.2) is 0 Å². The van der Waals surface area contributed by atoms with E-state index in [0.717, 1.165) is 16.6 Å². The highest BCUT2D eigenvalue weighted by Gasteiger charge is 2.30. The van der Waals surface area contributed by atoms with E-state index in [0.29, 0.717) is 22.7 Å². The number of rotatable bonds is 3. The number of furan rings is 1. The van der Waals surface area contributed by atoms with Crippen LogP contribution < -0.4 is 5.32 Å². The van der Waals surface area contributed by atoms with Crippen LogP contribution in [0, 0.1) is 0 Å². The number of benzene rings is 1. The van der Waals surface area contributed by atoms with Crippen LogP contribution in [-0.2, 0) is 12.7 Å². The maximum atomic E-state index is 12.5. The molecule has 0 bridgehead atoms. The lowest BCUT2D eigenvalue weighted by Gasteiger charge is -2.11. The molecule has 8 heteroatoms. The third kappa shape index (κ3) is 3.71. The molecule has 0 aliphatic heterocycles. The van der Waals surface area contributed by atoms with Crippen molar-refractivity contribution in [2.45, 2.75) is 12.7 Å². The normalized spacial score (nSPS) is 11.7. The van der Waals surface area contributed by atoms with Gasteiger partial charge >= 0.3 is 6.18 Å². The zero-order valence-electron chi connectivity index (χ0n) is 9.69. The number of hydrogen-bond donors (Lipinski definition) is 1. The Bertz CT molecular complexity index is 608. The van der Waals surface area contributed by atoms with Crippen molar-refractivity contribution in [3.05, 3.63) is 49.8 Å². The van der Waals surface area contributed by atoms with Crippen molar-refractivity contribution >= 4 is 49.1 Å². The Morgan fingerprint density at radius 1 is 1.20 bits per heavy atom. The van der Waals surface area contributed by atoms with Gasteiger partial charge in [-0.3, -0.25) is 0 Å². The molecule has 1 N–H and O–H groups in total. The van der Waals surface area contributed by atoms with Gasteiger partial charge in [-0.1, -0.05) is 11.6 Å². The molecule has 1 aromatic carbocycles. The highest BCUT2D eigenvalue weighted by molar-refractivity contribution is 9.13. The molecule has 20 heavy (non-hydrogen) atoms. The maximum absolute atomic E-state index is 12.5. The summed E-state index contributed by atoms with van der Waals surface area (Å²) in [4.78, 5) is 0. The van der Waals surface area contributed by atoms with Gasteiger partial charge in [0, 0.05) is 0 Å². The lowest BCUT2D eigenvalue weighted by molar-refractivity contribution is -0.137. The monoisotopic (exact) mass is 431 g/mol. The second-order valence-corrected chi connectivity index (χ2v) is 5.86. The van der Waals surface area contributed by atoms with Crippen LogP contribution in [0.1, 0.15) is 11.3 Å². The van der Waals surface area contributed by atoms with Crippen molar-refractivity contribution in [2.75, 3.05) is 5.32 Å². The molecule has 0 saturated heterocycles. The first-order valence-electron chi connectivity index (χ1n) is 5.31. The van der Waals surface area contributed by atoms with E-state index in [-0.39, 0.29) is 5.02 Å². The van der Waals surface area contributed by atoms with Crippen LogP contribution in [0.15, 0.2) is 37.8 Å². The molecule has 1 heterocycles. The van der Waals surface area contributed by atoms with Gasteiger partial charge in [0.1, 0.15) is 5.76 Å². The summed E-state index contributed by atoms with van der Waals surface area (Å²) in [5.74, 6) is 0.611. The van der Waals surface area contributed by atoms with Gasteiger partial charge in [-0.2, -0.15) is 13.2 Å². The van der Waals surface area contributed by atoms with Gasteiger partial charge in [-0.15, -0.1) is 0 Å². The Morgan fingerprint density at radius 2 is 1.90 bits per heavy atom. The maximum Gasteiger partial charge on any atom is 0.416 e. The molecule has 0 aliphatic carbocycles. The van der Waals surface area contributed by atoms with Gasteiger partial charge in [0.15, 0.2) is 4.67 Å². The SMILES string of the molecule is FC(F)(F)c1ccc(NCc2cc(Br)c(Br)o2)c(Cl)c1. The third-order valence-corrected chi connectivity index (χ3v) is 4.47. The number of halogens is 6. The fraction of sp³-hybridized carbons (Fsp3) is 0.167. The minimum atomic E-state index is -4.40. The zero-order valence-corrected chi connectivity index (χ0v) is 13.6. The van der Waals surface area contributed by atoms with Crippen molar-refractivity contribution < 1.29 is 17.6 Å². The van der Waals surface area contributed by atoms with Crippen molar-refractivity contribution in [3.8, 4) is 0 Å². The van der Waals surface area contributed by atoms with E-state index >= 15 is 0 Å². The first-order chi connectivity index (χ1) is 9.27. The van der Waals surface area contributed by atoms with E-state index < -0.39 is 11.7 Å². The third-order valence-electron chi connectivity index (χ3n) is 2.45. The fourth-order valence-electron chi connectivity index (χ4n) is 1.50. The zero-order chi connectivity index (χ0) is 14.9. The molecule has 0 spiro atoms. The number of nitrogens with one attached hydrogen (secondary N) is 1. The van der Waals surface area contributed by atoms with E-state index in [2.05, 4.69) is 37.2 Å². The Kier molecular flexibility index (Phi) is 4.71. The van der Waals surface area contributed by atoms with Gasteiger partial charge < -0.3 is 9.73 Å². The second-order valence-electron chi connectivity index (χ2n) is 3.88. The Hall–Kier alpha value is -0.660. The summed E-state index contributed by atoms with van der Waals surface area (Å²) < 4.78 is 44.1. The molecule has 2 aromatic rings. The summed E-state index contributed by atoms with van der Waals surface area (Å²) in [7, 11) is 0. The standard InChI is InChI=1S/C12H7Br2ClF3NO/c13-8-4-7(20-11(8)14)5-19-10-2-1-6(3-9(10)15)12(16,17)18/h1-4,19H,5H2. The lowest BCUT2D eigenvalue weighted by atomic mass is 10.2. The number of hydrogen-bond acceptors (Lipinski definition) is 2. The molecule has 2 rings (SSSR count). The number of alkyl halides is 3. The number of anilines is 1. The predicted octanol–water partition coefficient (Wildman–Crippen LogP) is 6.09. The summed E-state index contributed by atoms with van der Waals surface area (Å²) in [6.07, 6.45) is -4.40. The molecular weight excluding hydrogens is 426 g/mol. The Balaban J connectivity index is 2.10. The molecule has 0 radical (unpaired) electrons. The minimum absolute atomic E-state index is 0.00418. The van der Waals surface area contributed by atoms with Crippen LogP contribution in [0.5, 0.6) is 0 Å². The molecule has 0 atom stereocenters. The summed E-state index contributed by atoms with van der Waals surface area (Å²) >= 11 is 12.3. The van der Waals surface area contributed by atoms with Crippen LogP contribution in [0.4, 0.5) is 18.9 Å². The molecule has 1 aromatic heterocycles. The van der Waals surface area contributed by atoms with E-state index in [9.17, 15) is 13.2 Å². The molecule has 0 amide bonds. The smallest absolute Gasteiger partial charge is 0.416 e. The highest BCUT2D eigenvalue weighted by Crippen LogP contribution is 2.34. The lowest BCUT2D eigenvalue weighted by Crippen LogP contribution is -2.06. The van der Waals surface area contributed by atoms with E-state index in [1.54, 1.807) is 6.07 Å². The quantitative estimate of drug-likeness (QED) is 0.634. The topological polar surface area (TPSA) is 25.2 Å². The first kappa shape index (κ1) is 15.7. The van der Waals surface area contributed by atoms with Gasteiger partial charge in [0.05, 0.1) is 27.3 Å². The second kappa shape index (κ2) is 5.99. The summed E-state index contributed by atoms with van der Waals surface area (Å²) in [6, 6.07) is 4.90. The van der Waals surface area contributed by atoms with Crippen LogP contribution in [0.2, 0.25) is 5.02 Å². The first-order valence-corrected chi connectivity index (χ1v) is 7.28. The van der Waals surface area contributed by atoms with Gasteiger partial charge in [0.2, 0.25) is 0 Å². The summed E-state index contributed by atoms with van der Waals surface area (Å²) in [5.41, 5.74) is -0.375. The van der Waals surface area contributed by atoms with E-state index in [1.165, 1.54) is 6.07 Å². The van der Waals surface area contributed by atoms with Crippen molar-refractivity contribution in [1.82, 2.24) is 0 Å². The van der Waals surface area contributed by atoms with Crippen LogP contribution in [0.25, 0.3) is 0 Å². The molecule has 0 aliphatic rings. The van der Waals surface area contributed by atoms with E-state index in [4.69, 9.17) is 16.0 Å². The Labute approximate surface area is 134 Å². The predicted molar refractivity (Wildman–Crippen MR) is 77.9 cm³/mol. The average molecular weight is 433 g/mol. The minimum Gasteiger partial charge on any atom is -0.451 e. The molecule has 108 valence electrons. The highest BCUT2D eigenvalue weighted by atomic mass is 79.9. The Morgan fingerprint density at radius 3 is 2.40 bits per heavy atom. The average Bonchev–Trinajstić information content (AvgIpc) is 2.66. The molecule has 0 unspecified atom stereocenters. The molecular formula is C12H7Br2ClF3NO. The van der Waals surface area contributed by atoms with Crippen LogP contribution >= 0.6 is 43.5 Å². The van der Waals surface area contributed by atoms with Crippen molar-refractivity contribution in [3.63, 3.8) is 0 Å². The van der Waals surface area contributed by atoms with Crippen molar-refractivity contribution in [2.24, 2.45) is 0 Å². The molecule has 2 nitrogen and oxygen atoms in total. The fourth-order valence-corrected chi connectivity index (χ4v) is 2.40. The molecule has 0 fully saturated rings. The van der Waals surface area contributed by atoms with E-state index in [1.807, 2.05) is 0 Å². The largest absolute Gasteiger partial charge is 0.451 e. The summed E-state index contributed by atoms with van der Waals surface area (Å²) in [5, 5.41) is 2.92. The summed E-state index contributed by atoms with van der Waals surface area (Å²) in [6.45, 7) is 0.301. The van der Waals surface area contributed by atoms with Gasteiger partial charge in [-0.05, 0) is 56.1 Å². The van der Waals surface area contributed by atoms with Crippen LogP contribution in [0.3, 0.4) is 0 Å². The van der Waals surface area contributed by atoms with Crippen molar-refractivity contribution in [1.29, 1.82) is 0 Å².